The highest BCUT2D eigenvalue weighted by molar-refractivity contribution is 7.89. The summed E-state index contributed by atoms with van der Waals surface area (Å²) in [6, 6.07) is 3.33. The molecule has 0 aliphatic rings. The average molecular weight is 288 g/mol. The van der Waals surface area contributed by atoms with Crippen molar-refractivity contribution in [2.75, 3.05) is 12.9 Å². The third-order valence-electron chi connectivity index (χ3n) is 2.31. The smallest absolute Gasteiger partial charge is 0.303 e. The molecule has 0 saturated carbocycles. The zero-order valence-electron chi connectivity index (χ0n) is 10.5. The second-order valence-corrected chi connectivity index (χ2v) is 5.77. The Morgan fingerprint density at radius 3 is 2.74 bits per heavy atom. The Labute approximate surface area is 111 Å². The van der Waals surface area contributed by atoms with Crippen LogP contribution in [0.4, 0.5) is 0 Å². The number of hydrogen-bond donors (Lipinski definition) is 2. The van der Waals surface area contributed by atoms with E-state index in [1.54, 1.807) is 12.1 Å². The lowest BCUT2D eigenvalue weighted by Crippen LogP contribution is -2.26. The Balaban J connectivity index is 2.43. The minimum Gasteiger partial charge on any atom is -0.481 e. The highest BCUT2D eigenvalue weighted by Gasteiger charge is 2.11. The standard InChI is InChI=1S/C11H16N2O5S/c1-18-10-5-4-9(7-12-10)8-13-19(16,17)6-2-3-11(14)15/h4-5,7,13H,2-3,6,8H2,1H3,(H,14,15). The molecular formula is C11H16N2O5S. The predicted molar refractivity (Wildman–Crippen MR) is 68.3 cm³/mol. The second kappa shape index (κ2) is 7.05. The van der Waals surface area contributed by atoms with E-state index in [0.29, 0.717) is 11.4 Å². The molecule has 0 bridgehead atoms. The average Bonchev–Trinajstić information content (AvgIpc) is 2.36. The molecule has 0 aliphatic heterocycles. The molecule has 0 fully saturated rings. The first-order chi connectivity index (χ1) is 8.93. The fraction of sp³-hybridized carbons (Fsp3) is 0.455. The molecule has 0 aromatic carbocycles. The molecule has 1 aromatic heterocycles. The number of rotatable bonds is 8. The Morgan fingerprint density at radius 2 is 2.21 bits per heavy atom. The molecule has 0 saturated heterocycles. The third kappa shape index (κ3) is 6.16. The van der Waals surface area contributed by atoms with Crippen molar-refractivity contribution in [1.82, 2.24) is 9.71 Å². The molecule has 0 radical (unpaired) electrons. The molecule has 1 rings (SSSR count). The van der Waals surface area contributed by atoms with Crippen LogP contribution in [-0.2, 0) is 21.4 Å². The van der Waals surface area contributed by atoms with Crippen LogP contribution in [0, 0.1) is 0 Å². The van der Waals surface area contributed by atoms with Gasteiger partial charge in [0.1, 0.15) is 0 Å². The fourth-order valence-corrected chi connectivity index (χ4v) is 2.37. The molecule has 106 valence electrons. The molecule has 0 amide bonds. The van der Waals surface area contributed by atoms with E-state index >= 15 is 0 Å². The molecule has 0 aliphatic carbocycles. The van der Waals surface area contributed by atoms with Crippen molar-refractivity contribution < 1.29 is 23.1 Å². The number of aromatic nitrogens is 1. The summed E-state index contributed by atoms with van der Waals surface area (Å²) >= 11 is 0. The van der Waals surface area contributed by atoms with Gasteiger partial charge in [0.2, 0.25) is 15.9 Å². The quantitative estimate of drug-likeness (QED) is 0.716. The number of carboxylic acids is 1. The van der Waals surface area contributed by atoms with Crippen LogP contribution in [0.25, 0.3) is 0 Å². The lowest BCUT2D eigenvalue weighted by Gasteiger charge is -2.06. The highest BCUT2D eigenvalue weighted by Crippen LogP contribution is 2.06. The van der Waals surface area contributed by atoms with Crippen molar-refractivity contribution in [1.29, 1.82) is 0 Å². The normalized spacial score (nSPS) is 11.2. The molecule has 7 nitrogen and oxygen atoms in total. The van der Waals surface area contributed by atoms with E-state index in [0.717, 1.165) is 0 Å². The van der Waals surface area contributed by atoms with Gasteiger partial charge in [0.25, 0.3) is 0 Å². The molecule has 19 heavy (non-hydrogen) atoms. The summed E-state index contributed by atoms with van der Waals surface area (Å²) < 4.78 is 30.4. The van der Waals surface area contributed by atoms with Gasteiger partial charge in [-0.3, -0.25) is 4.79 Å². The Kier molecular flexibility index (Phi) is 5.71. The minimum absolute atomic E-state index is 0.0888. The first-order valence-corrected chi connectivity index (χ1v) is 7.26. The van der Waals surface area contributed by atoms with Gasteiger partial charge in [-0.15, -0.1) is 0 Å². The summed E-state index contributed by atoms with van der Waals surface area (Å²) in [5.74, 6) is -0.759. The van der Waals surface area contributed by atoms with Crippen LogP contribution in [-0.4, -0.2) is 37.3 Å². The molecule has 0 spiro atoms. The van der Waals surface area contributed by atoms with Crippen LogP contribution in [0.3, 0.4) is 0 Å². The Bertz CT molecular complexity index is 512. The van der Waals surface area contributed by atoms with Gasteiger partial charge in [0.05, 0.1) is 12.9 Å². The lowest BCUT2D eigenvalue weighted by molar-refractivity contribution is -0.137. The van der Waals surface area contributed by atoms with E-state index in [1.807, 2.05) is 0 Å². The first kappa shape index (κ1) is 15.4. The number of carboxylic acid groups (broad SMARTS) is 1. The minimum atomic E-state index is -3.46. The number of carbonyl (C=O) groups is 1. The fourth-order valence-electron chi connectivity index (χ4n) is 1.32. The number of nitrogens with zero attached hydrogens (tertiary/aromatic N) is 1. The maximum absolute atomic E-state index is 11.6. The van der Waals surface area contributed by atoms with Gasteiger partial charge in [0, 0.05) is 25.2 Å². The summed E-state index contributed by atoms with van der Waals surface area (Å²) in [6.07, 6.45) is 1.44. The van der Waals surface area contributed by atoms with E-state index in [2.05, 4.69) is 9.71 Å². The number of ether oxygens (including phenoxy) is 1. The molecule has 1 heterocycles. The van der Waals surface area contributed by atoms with Gasteiger partial charge in [-0.05, 0) is 12.0 Å². The zero-order chi connectivity index (χ0) is 14.3. The zero-order valence-corrected chi connectivity index (χ0v) is 11.3. The molecule has 1 aromatic rings. The van der Waals surface area contributed by atoms with Crippen LogP contribution < -0.4 is 9.46 Å². The number of nitrogens with one attached hydrogen (secondary N) is 1. The summed E-state index contributed by atoms with van der Waals surface area (Å²) in [5, 5.41) is 8.43. The predicted octanol–water partition coefficient (Wildman–Crippen LogP) is 0.374. The largest absolute Gasteiger partial charge is 0.481 e. The van der Waals surface area contributed by atoms with E-state index in [-0.39, 0.29) is 25.1 Å². The van der Waals surface area contributed by atoms with Crippen molar-refractivity contribution >= 4 is 16.0 Å². The van der Waals surface area contributed by atoms with Gasteiger partial charge in [-0.2, -0.15) is 0 Å². The van der Waals surface area contributed by atoms with Crippen LogP contribution in [0.1, 0.15) is 18.4 Å². The monoisotopic (exact) mass is 288 g/mol. The summed E-state index contributed by atoms with van der Waals surface area (Å²) in [6.45, 7) is 0.117. The molecule has 2 N–H and O–H groups in total. The van der Waals surface area contributed by atoms with Gasteiger partial charge in [-0.25, -0.2) is 18.1 Å². The number of sulfonamides is 1. The van der Waals surface area contributed by atoms with Gasteiger partial charge < -0.3 is 9.84 Å². The maximum atomic E-state index is 11.6. The first-order valence-electron chi connectivity index (χ1n) is 5.61. The number of aliphatic carboxylic acids is 1. The van der Waals surface area contributed by atoms with E-state index in [1.165, 1.54) is 13.3 Å². The van der Waals surface area contributed by atoms with Crippen LogP contribution >= 0.6 is 0 Å². The Morgan fingerprint density at radius 1 is 1.47 bits per heavy atom. The maximum Gasteiger partial charge on any atom is 0.303 e. The third-order valence-corrected chi connectivity index (χ3v) is 3.72. The molecule has 8 heteroatoms. The second-order valence-electron chi connectivity index (χ2n) is 3.85. The number of hydrogen-bond acceptors (Lipinski definition) is 5. The Hall–Kier alpha value is -1.67. The molecular weight excluding hydrogens is 272 g/mol. The van der Waals surface area contributed by atoms with Gasteiger partial charge >= 0.3 is 5.97 Å². The molecule has 0 atom stereocenters. The van der Waals surface area contributed by atoms with Crippen LogP contribution in [0.15, 0.2) is 18.3 Å². The van der Waals surface area contributed by atoms with Gasteiger partial charge in [0.15, 0.2) is 0 Å². The van der Waals surface area contributed by atoms with E-state index < -0.39 is 16.0 Å². The van der Waals surface area contributed by atoms with Gasteiger partial charge in [-0.1, -0.05) is 6.07 Å². The number of methoxy groups -OCH3 is 1. The van der Waals surface area contributed by atoms with Crippen molar-refractivity contribution in [3.63, 3.8) is 0 Å². The van der Waals surface area contributed by atoms with E-state index in [9.17, 15) is 13.2 Å². The highest BCUT2D eigenvalue weighted by atomic mass is 32.2. The van der Waals surface area contributed by atoms with Crippen molar-refractivity contribution in [2.45, 2.75) is 19.4 Å². The number of pyridine rings is 1. The SMILES string of the molecule is COc1ccc(CNS(=O)(=O)CCCC(=O)O)cn1. The topological polar surface area (TPSA) is 106 Å². The van der Waals surface area contributed by atoms with E-state index in [4.69, 9.17) is 9.84 Å². The molecule has 0 unspecified atom stereocenters. The van der Waals surface area contributed by atoms with Crippen LogP contribution in [0.2, 0.25) is 0 Å². The van der Waals surface area contributed by atoms with Crippen molar-refractivity contribution in [3.05, 3.63) is 23.9 Å². The van der Waals surface area contributed by atoms with Crippen molar-refractivity contribution in [2.24, 2.45) is 0 Å². The lowest BCUT2D eigenvalue weighted by atomic mass is 10.3. The van der Waals surface area contributed by atoms with Crippen LogP contribution in [0.5, 0.6) is 5.88 Å². The summed E-state index contributed by atoms with van der Waals surface area (Å²) in [7, 11) is -1.97. The summed E-state index contributed by atoms with van der Waals surface area (Å²) in [4.78, 5) is 14.2. The summed E-state index contributed by atoms with van der Waals surface area (Å²) in [5.41, 5.74) is 0.697. The van der Waals surface area contributed by atoms with Crippen molar-refractivity contribution in [3.8, 4) is 5.88 Å².